The monoisotopic (exact) mass is 559 g/mol. The van der Waals surface area contributed by atoms with Crippen LogP contribution < -0.4 is 10.6 Å². The number of likely N-dealkylation sites (tertiary alicyclic amines) is 1. The number of carbonyl (C=O) groups is 1. The summed E-state index contributed by atoms with van der Waals surface area (Å²) in [5.41, 5.74) is 0.400. The van der Waals surface area contributed by atoms with Crippen LogP contribution in [0.4, 0.5) is 30.8 Å². The summed E-state index contributed by atoms with van der Waals surface area (Å²) in [6, 6.07) is 1.01. The second kappa shape index (κ2) is 11.2. The molecular formula is C27H32F3N7O3. The van der Waals surface area contributed by atoms with Crippen LogP contribution in [0.3, 0.4) is 0 Å². The molecule has 6 rings (SSSR count). The molecule has 3 aromatic rings. The molecule has 40 heavy (non-hydrogen) atoms. The number of hydrogen-bond donors (Lipinski definition) is 3. The third-order valence-corrected chi connectivity index (χ3v) is 8.22. The van der Waals surface area contributed by atoms with Gasteiger partial charge >= 0.3 is 0 Å². The maximum atomic E-state index is 14.6. The number of rotatable bonds is 7. The summed E-state index contributed by atoms with van der Waals surface area (Å²) in [4.78, 5) is 28.7. The van der Waals surface area contributed by atoms with Crippen molar-refractivity contribution in [1.29, 1.82) is 0 Å². The highest BCUT2D eigenvalue weighted by Crippen LogP contribution is 2.39. The van der Waals surface area contributed by atoms with Gasteiger partial charge < -0.3 is 25.4 Å². The Kier molecular flexibility index (Phi) is 7.49. The molecular weight excluding hydrogens is 527 g/mol. The fourth-order valence-electron chi connectivity index (χ4n) is 6.13. The van der Waals surface area contributed by atoms with Gasteiger partial charge in [-0.15, -0.1) is 0 Å². The van der Waals surface area contributed by atoms with E-state index in [9.17, 15) is 23.1 Å². The maximum Gasteiger partial charge on any atom is 0.226 e. The second-order valence-electron chi connectivity index (χ2n) is 10.8. The molecule has 0 bridgehead atoms. The number of hydrogen-bond acceptors (Lipinski definition) is 8. The molecule has 1 saturated carbocycles. The van der Waals surface area contributed by atoms with Crippen LogP contribution in [0, 0.1) is 23.4 Å². The molecule has 2 aliphatic heterocycles. The first-order valence-electron chi connectivity index (χ1n) is 13.8. The summed E-state index contributed by atoms with van der Waals surface area (Å²) in [6.45, 7) is 1.83. The van der Waals surface area contributed by atoms with Crippen LogP contribution in [-0.4, -0.2) is 73.9 Å². The average Bonchev–Trinajstić information content (AvgIpc) is 3.70. The van der Waals surface area contributed by atoms with Gasteiger partial charge in [0.1, 0.15) is 17.0 Å². The molecule has 1 aromatic carbocycles. The van der Waals surface area contributed by atoms with Crippen LogP contribution in [0.5, 0.6) is 0 Å². The lowest BCUT2D eigenvalue weighted by molar-refractivity contribution is -0.138. The van der Waals surface area contributed by atoms with Crippen LogP contribution in [-0.2, 0) is 9.53 Å². The minimum absolute atomic E-state index is 0.0311. The molecule has 214 valence electrons. The van der Waals surface area contributed by atoms with Gasteiger partial charge in [0.25, 0.3) is 0 Å². The molecule has 1 aliphatic carbocycles. The Hall–Kier alpha value is -3.45. The summed E-state index contributed by atoms with van der Waals surface area (Å²) in [5.74, 6) is -2.71. The number of aliphatic hydroxyl groups excluding tert-OH is 1. The van der Waals surface area contributed by atoms with Crippen molar-refractivity contribution in [3.8, 4) is 0 Å². The van der Waals surface area contributed by atoms with E-state index in [0.717, 1.165) is 19.3 Å². The zero-order valence-corrected chi connectivity index (χ0v) is 22.0. The van der Waals surface area contributed by atoms with Gasteiger partial charge in [0.05, 0.1) is 31.5 Å². The lowest BCUT2D eigenvalue weighted by atomic mass is 9.85. The Bertz CT molecular complexity index is 1370. The third kappa shape index (κ3) is 5.19. The fourth-order valence-corrected chi connectivity index (χ4v) is 6.13. The van der Waals surface area contributed by atoms with Crippen molar-refractivity contribution < 1.29 is 27.8 Å². The molecule has 13 heteroatoms. The number of anilines is 3. The van der Waals surface area contributed by atoms with Crippen molar-refractivity contribution in [1.82, 2.24) is 24.4 Å². The van der Waals surface area contributed by atoms with E-state index in [2.05, 4.69) is 20.6 Å². The molecule has 3 fully saturated rings. The SMILES string of the molecule is O=C([C@H]1CC[C@@H](n2c(Nc3c(F)cc(F)cc3F)nc3cnc(N[C@H]4CCOC4)nc32)CC1)N1CCCC1CO. The largest absolute Gasteiger partial charge is 0.394 e. The van der Waals surface area contributed by atoms with Crippen LogP contribution in [0.15, 0.2) is 18.3 Å². The highest BCUT2D eigenvalue weighted by molar-refractivity contribution is 5.80. The van der Waals surface area contributed by atoms with Crippen molar-refractivity contribution in [3.63, 3.8) is 0 Å². The standard InChI is InChI=1S/C27H32F3N7O3/c28-16-10-20(29)23(21(30)11-16)34-27-33-22-12-31-26(32-17-7-9-40-14-17)35-24(22)37(27)18-5-3-15(4-6-18)25(39)36-8-1-2-19(36)13-38/h10-12,15,17-19,38H,1-9,13-14H2,(H,33,34)(H,31,32,35)/t15-,17-,18+,19?/m0/s1. The first-order chi connectivity index (χ1) is 19.4. The zero-order valence-electron chi connectivity index (χ0n) is 22.0. The van der Waals surface area contributed by atoms with E-state index in [1.54, 1.807) is 6.20 Å². The number of benzene rings is 1. The number of aromatic nitrogens is 4. The number of nitrogens with one attached hydrogen (secondary N) is 2. The molecule has 0 radical (unpaired) electrons. The van der Waals surface area contributed by atoms with Crippen LogP contribution in [0.2, 0.25) is 0 Å². The molecule has 3 aliphatic rings. The summed E-state index contributed by atoms with van der Waals surface area (Å²) < 4.78 is 49.9. The van der Waals surface area contributed by atoms with Crippen molar-refractivity contribution in [2.45, 2.75) is 63.1 Å². The fraction of sp³-hybridized carbons (Fsp3) is 0.556. The first kappa shape index (κ1) is 26.8. The van der Waals surface area contributed by atoms with Crippen LogP contribution >= 0.6 is 0 Å². The number of amides is 1. The summed E-state index contributed by atoms with van der Waals surface area (Å²) in [7, 11) is 0. The Morgan fingerprint density at radius 2 is 1.85 bits per heavy atom. The lowest BCUT2D eigenvalue weighted by Gasteiger charge is -2.33. The highest BCUT2D eigenvalue weighted by Gasteiger charge is 2.36. The summed E-state index contributed by atoms with van der Waals surface area (Å²) in [6.07, 6.45) is 6.55. The molecule has 10 nitrogen and oxygen atoms in total. The first-order valence-corrected chi connectivity index (χ1v) is 13.8. The Morgan fingerprint density at radius 1 is 1.07 bits per heavy atom. The summed E-state index contributed by atoms with van der Waals surface area (Å²) in [5, 5.41) is 15.7. The van der Waals surface area contributed by atoms with E-state index in [4.69, 9.17) is 9.72 Å². The summed E-state index contributed by atoms with van der Waals surface area (Å²) >= 11 is 0. The predicted molar refractivity (Wildman–Crippen MR) is 141 cm³/mol. The number of ether oxygens (including phenoxy) is 1. The number of halogens is 3. The van der Waals surface area contributed by atoms with E-state index in [1.807, 2.05) is 9.47 Å². The third-order valence-electron chi connectivity index (χ3n) is 8.22. The van der Waals surface area contributed by atoms with Crippen molar-refractivity contribution in [3.05, 3.63) is 35.8 Å². The average molecular weight is 560 g/mol. The predicted octanol–water partition coefficient (Wildman–Crippen LogP) is 3.90. The molecule has 1 amide bonds. The molecule has 1 unspecified atom stereocenters. The Labute approximate surface area is 228 Å². The van der Waals surface area contributed by atoms with Crippen LogP contribution in [0.1, 0.15) is 51.0 Å². The number of nitrogens with zero attached hydrogens (tertiary/aromatic N) is 5. The molecule has 0 spiro atoms. The van der Waals surface area contributed by atoms with Gasteiger partial charge in [0.2, 0.25) is 17.8 Å². The van der Waals surface area contributed by atoms with Gasteiger partial charge in [-0.05, 0) is 44.9 Å². The maximum absolute atomic E-state index is 14.6. The van der Waals surface area contributed by atoms with Gasteiger partial charge in [-0.25, -0.2) is 23.1 Å². The Balaban J connectivity index is 1.30. The minimum atomic E-state index is -1.08. The molecule has 2 atom stereocenters. The molecule has 2 aromatic heterocycles. The van der Waals surface area contributed by atoms with Crippen molar-refractivity contribution in [2.75, 3.05) is 37.0 Å². The number of aliphatic hydroxyl groups is 1. The Morgan fingerprint density at radius 3 is 2.55 bits per heavy atom. The molecule has 4 heterocycles. The lowest BCUT2D eigenvalue weighted by Crippen LogP contribution is -2.42. The van der Waals surface area contributed by atoms with Crippen LogP contribution in [0.25, 0.3) is 11.2 Å². The minimum Gasteiger partial charge on any atom is -0.394 e. The molecule has 3 N–H and O–H groups in total. The number of fused-ring (bicyclic) bond motifs is 1. The van der Waals surface area contributed by atoms with Gasteiger partial charge in [-0.3, -0.25) is 9.36 Å². The van der Waals surface area contributed by atoms with Gasteiger partial charge in [0, 0.05) is 37.2 Å². The van der Waals surface area contributed by atoms with Crippen molar-refractivity contribution in [2.24, 2.45) is 5.92 Å². The topological polar surface area (TPSA) is 117 Å². The molecule has 2 saturated heterocycles. The number of imidazole rings is 1. The zero-order chi connectivity index (χ0) is 27.8. The van der Waals surface area contributed by atoms with Crippen molar-refractivity contribution >= 4 is 34.7 Å². The van der Waals surface area contributed by atoms with Gasteiger partial charge in [-0.2, -0.15) is 4.98 Å². The number of carbonyl (C=O) groups excluding carboxylic acids is 1. The van der Waals surface area contributed by atoms with E-state index < -0.39 is 23.1 Å². The van der Waals surface area contributed by atoms with E-state index in [1.165, 1.54) is 0 Å². The van der Waals surface area contributed by atoms with Gasteiger partial charge in [-0.1, -0.05) is 0 Å². The van der Waals surface area contributed by atoms with E-state index >= 15 is 0 Å². The quantitative estimate of drug-likeness (QED) is 0.399. The smallest absolute Gasteiger partial charge is 0.226 e. The second-order valence-corrected chi connectivity index (χ2v) is 10.8. The normalized spacial score (nSPS) is 25.1. The van der Waals surface area contributed by atoms with Gasteiger partial charge in [0.15, 0.2) is 17.3 Å². The van der Waals surface area contributed by atoms with E-state index in [0.29, 0.717) is 74.7 Å². The van der Waals surface area contributed by atoms with E-state index in [-0.39, 0.29) is 42.5 Å². The highest BCUT2D eigenvalue weighted by atomic mass is 19.1.